The Bertz CT molecular complexity index is 155. The number of ether oxygens (including phenoxy) is 1. The molecule has 0 saturated carbocycles. The molecular weight excluding hydrogens is 415 g/mol. The summed E-state index contributed by atoms with van der Waals surface area (Å²) in [7, 11) is 2.57. The van der Waals surface area contributed by atoms with Crippen LogP contribution in [0.3, 0.4) is 0 Å². The first-order chi connectivity index (χ1) is 5.26. The monoisotopic (exact) mass is 426 g/mol. The third-order valence-corrected chi connectivity index (χ3v) is 0.889. The van der Waals surface area contributed by atoms with Crippen molar-refractivity contribution in [1.29, 1.82) is 0 Å². The van der Waals surface area contributed by atoms with Gasteiger partial charge in [-0.25, -0.2) is 4.79 Å². The zero-order chi connectivity index (χ0) is 8.69. The minimum atomic E-state index is -0.574. The molecule has 0 amide bonds. The number of allylic oxidation sites excluding steroid dienone is 1. The Kier molecular flexibility index (Phi) is 7.45. The molecule has 0 rings (SSSR count). The van der Waals surface area contributed by atoms with Crippen LogP contribution in [0.1, 0.15) is 6.42 Å². The summed E-state index contributed by atoms with van der Waals surface area (Å²) in [5.74, 6) is -0.555. The van der Waals surface area contributed by atoms with Crippen molar-refractivity contribution < 1.29 is 19.3 Å². The molecule has 5 heteroatoms. The SMILES string of the molecule is [CH2-]C/C=C(/OOC)C(=O)OC.[Rf]. The third-order valence-electron chi connectivity index (χ3n) is 0.889. The van der Waals surface area contributed by atoms with Gasteiger partial charge in [0.15, 0.2) is 0 Å². The Labute approximate surface area is 65.7 Å². The summed E-state index contributed by atoms with van der Waals surface area (Å²) < 4.78 is 4.38. The van der Waals surface area contributed by atoms with Crippen molar-refractivity contribution in [2.24, 2.45) is 0 Å². The molecule has 0 unspecified atom stereocenters. The van der Waals surface area contributed by atoms with Crippen molar-refractivity contribution in [3.05, 3.63) is 18.8 Å². The van der Waals surface area contributed by atoms with Gasteiger partial charge in [0.05, 0.1) is 14.2 Å². The van der Waals surface area contributed by atoms with E-state index in [0.29, 0.717) is 6.42 Å². The molecule has 0 aliphatic carbocycles. The van der Waals surface area contributed by atoms with Crippen LogP contribution in [0.2, 0.25) is 0 Å². The molecule has 4 nitrogen and oxygen atoms in total. The average Bonchev–Trinajstić information content (AvgIpc) is 2.03. The fourth-order valence-electron chi connectivity index (χ4n) is 0.473. The second kappa shape index (κ2) is 7.08. The van der Waals surface area contributed by atoms with Gasteiger partial charge in [0.2, 0.25) is 5.76 Å². The second-order valence-corrected chi connectivity index (χ2v) is 1.60. The zero-order valence-electron chi connectivity index (χ0n) is 7.33. The largest absolute Gasteiger partial charge is 0.463 e. The summed E-state index contributed by atoms with van der Waals surface area (Å²) in [6, 6.07) is 0. The molecule has 66 valence electrons. The number of carbonyl (C=O) groups is 1. The number of hydrogen-bond donors (Lipinski definition) is 0. The van der Waals surface area contributed by atoms with E-state index >= 15 is 0 Å². The standard InChI is InChI=1S/C7H11O4.Rf/c1-4-5-6(11-10-3)7(8)9-2;/h5H,1,4H2,2-3H3;/q-1;/b6-5+;. The van der Waals surface area contributed by atoms with Crippen LogP contribution in [0.5, 0.6) is 0 Å². The van der Waals surface area contributed by atoms with Crippen LogP contribution in [0, 0.1) is 6.92 Å². The molecule has 0 spiro atoms. The van der Waals surface area contributed by atoms with Crippen molar-refractivity contribution in [2.75, 3.05) is 14.2 Å². The van der Waals surface area contributed by atoms with Crippen LogP contribution in [0.15, 0.2) is 11.8 Å². The van der Waals surface area contributed by atoms with Crippen molar-refractivity contribution in [2.45, 2.75) is 6.42 Å². The van der Waals surface area contributed by atoms with Gasteiger partial charge >= 0.3 is 5.97 Å². The van der Waals surface area contributed by atoms with Gasteiger partial charge in [-0.1, -0.05) is 6.08 Å². The van der Waals surface area contributed by atoms with Crippen molar-refractivity contribution in [1.82, 2.24) is 0 Å². The topological polar surface area (TPSA) is 44.8 Å². The third kappa shape index (κ3) is 3.90. The maximum absolute atomic E-state index is 10.8. The predicted octanol–water partition coefficient (Wildman–Crippen LogP) is 0.845. The summed E-state index contributed by atoms with van der Waals surface area (Å²) in [4.78, 5) is 19.5. The fraction of sp³-hybridized carbons (Fsp3) is 0.429. The van der Waals surface area contributed by atoms with Crippen LogP contribution in [0.4, 0.5) is 0 Å². The maximum atomic E-state index is 10.8. The van der Waals surface area contributed by atoms with Crippen LogP contribution < -0.4 is 0 Å². The van der Waals surface area contributed by atoms with Gasteiger partial charge in [0.1, 0.15) is 0 Å². The Morgan fingerprint density at radius 1 is 1.50 bits per heavy atom. The summed E-state index contributed by atoms with van der Waals surface area (Å²) >= 11 is 0. The number of methoxy groups -OCH3 is 1. The van der Waals surface area contributed by atoms with E-state index in [0.717, 1.165) is 0 Å². The first-order valence-electron chi connectivity index (χ1n) is 3.04. The van der Waals surface area contributed by atoms with Crippen molar-refractivity contribution >= 4 is 5.97 Å². The van der Waals surface area contributed by atoms with Gasteiger partial charge in [-0.15, -0.1) is 0 Å². The number of rotatable bonds is 4. The fourth-order valence-corrected chi connectivity index (χ4v) is 0.473. The maximum Gasteiger partial charge on any atom is 0.377 e. The van der Waals surface area contributed by atoms with Crippen molar-refractivity contribution in [3.8, 4) is 0 Å². The van der Waals surface area contributed by atoms with E-state index in [9.17, 15) is 4.79 Å². The normalized spacial score (nSPS) is 10.1. The number of carbonyl (C=O) groups excluding carboxylic acids is 1. The van der Waals surface area contributed by atoms with Gasteiger partial charge in [-0.05, 0) is 0 Å². The minimum Gasteiger partial charge on any atom is -0.463 e. The van der Waals surface area contributed by atoms with E-state index in [4.69, 9.17) is 0 Å². The Morgan fingerprint density at radius 2 is 2.08 bits per heavy atom. The smallest absolute Gasteiger partial charge is 0.377 e. The molecule has 0 radical (unpaired) electrons. The van der Waals surface area contributed by atoms with E-state index in [1.165, 1.54) is 20.3 Å². The molecule has 0 atom stereocenters. The van der Waals surface area contributed by atoms with E-state index < -0.39 is 5.97 Å². The Morgan fingerprint density at radius 3 is 2.42 bits per heavy atom. The molecule has 0 heterocycles. The quantitative estimate of drug-likeness (QED) is 0.167. The Hall–Kier alpha value is -2.03. The summed E-state index contributed by atoms with van der Waals surface area (Å²) in [5, 5.41) is 0. The molecular formula is C7H11O4Rf-. The predicted molar refractivity (Wildman–Crippen MR) is 38.2 cm³/mol. The summed E-state index contributed by atoms with van der Waals surface area (Å²) in [6.07, 6.45) is 1.91. The van der Waals surface area contributed by atoms with Gasteiger partial charge in [0, 0.05) is 0 Å². The van der Waals surface area contributed by atoms with Crippen LogP contribution in [-0.2, 0) is 19.3 Å². The van der Waals surface area contributed by atoms with E-state index in [1.54, 1.807) is 0 Å². The molecule has 0 aromatic carbocycles. The molecule has 0 aliphatic heterocycles. The molecule has 0 bridgehead atoms. The van der Waals surface area contributed by atoms with E-state index in [-0.39, 0.29) is 5.76 Å². The van der Waals surface area contributed by atoms with Crippen LogP contribution >= 0.6 is 0 Å². The van der Waals surface area contributed by atoms with Gasteiger partial charge in [-0.3, -0.25) is 0 Å². The summed E-state index contributed by atoms with van der Waals surface area (Å²) in [5.41, 5.74) is 0. The van der Waals surface area contributed by atoms with E-state index in [1.807, 2.05) is 0 Å². The molecule has 0 aromatic heterocycles. The van der Waals surface area contributed by atoms with Crippen LogP contribution in [-0.4, -0.2) is 20.2 Å². The van der Waals surface area contributed by atoms with E-state index in [2.05, 4.69) is 21.4 Å². The molecule has 12 heavy (non-hydrogen) atoms. The number of esters is 1. The van der Waals surface area contributed by atoms with Gasteiger partial charge < -0.3 is 16.5 Å². The van der Waals surface area contributed by atoms with Gasteiger partial charge in [0.25, 0.3) is 0 Å². The molecule has 0 aliphatic rings. The first kappa shape index (κ1) is 12.6. The Balaban J connectivity index is 0. The molecule has 0 aromatic rings. The summed E-state index contributed by atoms with van der Waals surface area (Å²) in [6.45, 7) is 3.50. The van der Waals surface area contributed by atoms with Crippen LogP contribution in [0.25, 0.3) is 0 Å². The number of hydrogen-bond acceptors (Lipinski definition) is 4. The van der Waals surface area contributed by atoms with Crippen molar-refractivity contribution in [3.63, 3.8) is 0 Å². The van der Waals surface area contributed by atoms with Gasteiger partial charge in [-0.2, -0.15) is 11.3 Å². The zero-order valence-corrected chi connectivity index (χ0v) is 13.7. The average molecular weight is 426 g/mol. The molecule has 0 saturated heterocycles. The first-order valence-corrected chi connectivity index (χ1v) is 3.04. The molecule has 0 N–H and O–H groups in total. The minimum absolute atomic E-state index is 0. The second-order valence-electron chi connectivity index (χ2n) is 1.60. The molecule has 0 fully saturated rings.